The molecular weight excluding hydrogens is 333 g/mol. The van der Waals surface area contributed by atoms with E-state index in [0.717, 1.165) is 5.56 Å². The van der Waals surface area contributed by atoms with Gasteiger partial charge in [-0.15, -0.1) is 0 Å². The summed E-state index contributed by atoms with van der Waals surface area (Å²) in [4.78, 5) is 15.9. The molecule has 1 aromatic carbocycles. The van der Waals surface area contributed by atoms with Crippen LogP contribution in [0.4, 0.5) is 14.5 Å². The molecule has 0 radical (unpaired) electrons. The van der Waals surface area contributed by atoms with Crippen molar-refractivity contribution >= 4 is 39.8 Å². The highest BCUT2D eigenvalue weighted by atomic mass is 35.5. The summed E-state index contributed by atoms with van der Waals surface area (Å²) < 4.78 is 26.5. The van der Waals surface area contributed by atoms with Crippen LogP contribution < -0.4 is 10.5 Å². The average molecular weight is 347 g/mol. The van der Waals surface area contributed by atoms with Crippen molar-refractivity contribution in [1.82, 2.24) is 4.98 Å². The van der Waals surface area contributed by atoms with Crippen LogP contribution in [0, 0.1) is 0 Å². The van der Waals surface area contributed by atoms with Crippen molar-refractivity contribution in [3.8, 4) is 0 Å². The van der Waals surface area contributed by atoms with Gasteiger partial charge in [0.15, 0.2) is 0 Å². The molecule has 22 heavy (non-hydrogen) atoms. The molecule has 1 aliphatic rings. The van der Waals surface area contributed by atoms with Crippen LogP contribution >= 0.6 is 23.2 Å². The highest BCUT2D eigenvalue weighted by molar-refractivity contribution is 6.35. The number of rotatable bonds is 2. The van der Waals surface area contributed by atoms with Crippen LogP contribution in [0.1, 0.15) is 25.3 Å². The molecule has 1 aromatic heterocycles. The van der Waals surface area contributed by atoms with Gasteiger partial charge in [0, 0.05) is 29.1 Å². The third-order valence-corrected chi connectivity index (χ3v) is 4.72. The molecule has 0 bridgehead atoms. The van der Waals surface area contributed by atoms with Gasteiger partial charge in [-0.05, 0) is 36.2 Å². The summed E-state index contributed by atoms with van der Waals surface area (Å²) in [6.45, 7) is 3.26. The monoisotopic (exact) mass is 346 g/mol. The fourth-order valence-electron chi connectivity index (χ4n) is 3.19. The molecule has 0 amide bonds. The van der Waals surface area contributed by atoms with Gasteiger partial charge >= 0.3 is 5.38 Å². The molecule has 7 heteroatoms. The average Bonchev–Trinajstić information content (AvgIpc) is 2.62. The van der Waals surface area contributed by atoms with E-state index in [1.807, 2.05) is 13.8 Å². The smallest absolute Gasteiger partial charge is 0.338 e. The van der Waals surface area contributed by atoms with Gasteiger partial charge < -0.3 is 9.88 Å². The van der Waals surface area contributed by atoms with Gasteiger partial charge in [-0.25, -0.2) is 0 Å². The number of anilines is 1. The number of pyridine rings is 1. The summed E-state index contributed by atoms with van der Waals surface area (Å²) in [7, 11) is 0. The normalized spacial score (nSPS) is 21.5. The maximum absolute atomic E-state index is 13.3. The molecule has 3 rings (SSSR count). The molecule has 0 fully saturated rings. The van der Waals surface area contributed by atoms with Crippen LogP contribution in [-0.2, 0) is 0 Å². The summed E-state index contributed by atoms with van der Waals surface area (Å²) in [6, 6.07) is 4.58. The van der Waals surface area contributed by atoms with E-state index in [0.29, 0.717) is 21.6 Å². The Balaban J connectivity index is 2.25. The zero-order valence-corrected chi connectivity index (χ0v) is 13.5. The number of halogens is 4. The van der Waals surface area contributed by atoms with Crippen LogP contribution in [0.15, 0.2) is 23.0 Å². The van der Waals surface area contributed by atoms with Crippen molar-refractivity contribution in [3.63, 3.8) is 0 Å². The Morgan fingerprint density at radius 2 is 2.05 bits per heavy atom. The number of benzene rings is 1. The zero-order chi connectivity index (χ0) is 16.2. The molecule has 0 saturated carbocycles. The number of hydrogen-bond acceptors (Lipinski definition) is 2. The van der Waals surface area contributed by atoms with Gasteiger partial charge in [0.25, 0.3) is 0 Å². The lowest BCUT2D eigenvalue weighted by Gasteiger charge is -2.28. The van der Waals surface area contributed by atoms with Gasteiger partial charge in [0.05, 0.1) is 17.1 Å². The van der Waals surface area contributed by atoms with E-state index in [2.05, 4.69) is 4.98 Å². The number of H-pyrrole nitrogens is 1. The topological polar surface area (TPSA) is 36.1 Å². The molecule has 2 unspecified atom stereocenters. The highest BCUT2D eigenvalue weighted by Crippen LogP contribution is 2.46. The maximum Gasteiger partial charge on any atom is 0.338 e. The third-order valence-electron chi connectivity index (χ3n) is 4.31. The molecule has 2 heterocycles. The molecule has 3 nitrogen and oxygen atoms in total. The predicted molar refractivity (Wildman–Crippen MR) is 85.6 cm³/mol. The van der Waals surface area contributed by atoms with E-state index in [1.54, 1.807) is 17.0 Å². The van der Waals surface area contributed by atoms with Crippen molar-refractivity contribution < 1.29 is 8.78 Å². The Morgan fingerprint density at radius 3 is 2.68 bits per heavy atom. The Morgan fingerprint density at radius 1 is 1.36 bits per heavy atom. The fraction of sp³-hybridized carbons (Fsp3) is 0.400. The Hall–Kier alpha value is -1.33. The molecule has 2 atom stereocenters. The SMILES string of the molecule is CC1c2c(ccc3[nH]c(=O)cc(Cl)c23)N(CC(F)(F)Cl)C1C. The van der Waals surface area contributed by atoms with Crippen molar-refractivity contribution in [2.45, 2.75) is 31.2 Å². The first kappa shape index (κ1) is 15.6. The van der Waals surface area contributed by atoms with Crippen LogP contribution in [0.5, 0.6) is 0 Å². The van der Waals surface area contributed by atoms with Crippen LogP contribution in [0.3, 0.4) is 0 Å². The molecular formula is C15H14Cl2F2N2O. The lowest BCUT2D eigenvalue weighted by molar-refractivity contribution is 0.102. The second-order valence-electron chi connectivity index (χ2n) is 5.67. The Kier molecular flexibility index (Phi) is 3.61. The predicted octanol–water partition coefficient (Wildman–Crippen LogP) is 4.33. The number of alkyl halides is 3. The largest absolute Gasteiger partial charge is 0.361 e. The molecule has 0 saturated heterocycles. The van der Waals surface area contributed by atoms with Crippen LogP contribution in [0.25, 0.3) is 10.9 Å². The maximum atomic E-state index is 13.3. The van der Waals surface area contributed by atoms with Crippen molar-refractivity contribution in [2.24, 2.45) is 0 Å². The Labute approximate surface area is 135 Å². The molecule has 0 aliphatic carbocycles. The number of hydrogen-bond donors (Lipinski definition) is 1. The zero-order valence-electron chi connectivity index (χ0n) is 12.0. The quantitative estimate of drug-likeness (QED) is 0.821. The molecule has 0 spiro atoms. The van der Waals surface area contributed by atoms with E-state index in [1.165, 1.54) is 6.07 Å². The van der Waals surface area contributed by atoms with Gasteiger partial charge in [0.2, 0.25) is 5.56 Å². The van der Waals surface area contributed by atoms with Gasteiger partial charge in [-0.1, -0.05) is 18.5 Å². The second kappa shape index (κ2) is 5.10. The summed E-state index contributed by atoms with van der Waals surface area (Å²) in [6.07, 6.45) is 0. The van der Waals surface area contributed by atoms with Crippen molar-refractivity contribution in [2.75, 3.05) is 11.4 Å². The summed E-state index contributed by atoms with van der Waals surface area (Å²) in [5.74, 6) is -0.0129. The minimum absolute atomic E-state index is 0.0129. The lowest BCUT2D eigenvalue weighted by Crippen LogP contribution is -2.38. The molecule has 118 valence electrons. The number of aromatic nitrogens is 1. The first-order valence-electron chi connectivity index (χ1n) is 6.88. The van der Waals surface area contributed by atoms with E-state index in [-0.39, 0.29) is 17.5 Å². The highest BCUT2D eigenvalue weighted by Gasteiger charge is 2.39. The summed E-state index contributed by atoms with van der Waals surface area (Å²) >= 11 is 11.3. The van der Waals surface area contributed by atoms with E-state index in [9.17, 15) is 13.6 Å². The molecule has 2 aromatic rings. The third kappa shape index (κ3) is 2.46. The Bertz CT molecular complexity index is 800. The second-order valence-corrected chi connectivity index (χ2v) is 6.63. The number of fused-ring (bicyclic) bond motifs is 3. The van der Waals surface area contributed by atoms with Crippen molar-refractivity contribution in [1.29, 1.82) is 0 Å². The van der Waals surface area contributed by atoms with Crippen LogP contribution in [0.2, 0.25) is 5.02 Å². The first-order chi connectivity index (χ1) is 10.2. The van der Waals surface area contributed by atoms with Gasteiger partial charge in [-0.2, -0.15) is 8.78 Å². The van der Waals surface area contributed by atoms with E-state index < -0.39 is 11.9 Å². The van der Waals surface area contributed by atoms with E-state index >= 15 is 0 Å². The minimum Gasteiger partial charge on any atom is -0.361 e. The number of nitrogens with zero attached hydrogens (tertiary/aromatic N) is 1. The molecule has 1 aliphatic heterocycles. The van der Waals surface area contributed by atoms with Gasteiger partial charge in [-0.3, -0.25) is 4.79 Å². The van der Waals surface area contributed by atoms with E-state index in [4.69, 9.17) is 23.2 Å². The first-order valence-corrected chi connectivity index (χ1v) is 7.63. The lowest BCUT2D eigenvalue weighted by atomic mass is 9.94. The molecule has 1 N–H and O–H groups in total. The summed E-state index contributed by atoms with van der Waals surface area (Å²) in [5.41, 5.74) is 1.86. The number of aromatic amines is 1. The number of nitrogens with one attached hydrogen (secondary N) is 1. The standard InChI is InChI=1S/C15H14Cl2F2N2O/c1-7-8(2)21(6-15(17,18)19)11-4-3-10-14(13(7)11)9(16)5-12(22)20-10/h3-5,7-8H,6H2,1-2H3,(H,20,22). The van der Waals surface area contributed by atoms with Crippen molar-refractivity contribution in [3.05, 3.63) is 39.1 Å². The fourth-order valence-corrected chi connectivity index (χ4v) is 3.62. The van der Waals surface area contributed by atoms with Gasteiger partial charge in [0.1, 0.15) is 0 Å². The summed E-state index contributed by atoms with van der Waals surface area (Å²) in [5, 5.41) is -2.27. The van der Waals surface area contributed by atoms with Crippen LogP contribution in [-0.4, -0.2) is 23.0 Å². The minimum atomic E-state index is -3.31.